The molecule has 100 valence electrons. The molecule has 1 aromatic heterocycles. The summed E-state index contributed by atoms with van der Waals surface area (Å²) in [4.78, 5) is 26.9. The molecule has 0 unspecified atom stereocenters. The summed E-state index contributed by atoms with van der Waals surface area (Å²) in [5.41, 5.74) is 1.05. The number of hydrogen-bond donors (Lipinski definition) is 2. The van der Waals surface area contributed by atoms with E-state index in [1.807, 2.05) is 0 Å². The number of benzene rings is 1. The first-order chi connectivity index (χ1) is 8.99. The Labute approximate surface area is 109 Å². The van der Waals surface area contributed by atoms with Crippen LogP contribution < -0.4 is 5.32 Å². The van der Waals surface area contributed by atoms with Gasteiger partial charge in [0.25, 0.3) is 5.89 Å². The summed E-state index contributed by atoms with van der Waals surface area (Å²) in [5, 5.41) is 11.4. The lowest BCUT2D eigenvalue weighted by atomic mass is 10.1. The third-order valence-electron chi connectivity index (χ3n) is 2.71. The minimum Gasteiger partial charge on any atom is -0.480 e. The Morgan fingerprint density at radius 1 is 1.32 bits per heavy atom. The Hall–Kier alpha value is -2.37. The van der Waals surface area contributed by atoms with Gasteiger partial charge in [-0.05, 0) is 18.1 Å². The quantitative estimate of drug-likeness (QED) is 0.874. The van der Waals surface area contributed by atoms with Gasteiger partial charge in [0.05, 0.1) is 0 Å². The van der Waals surface area contributed by atoms with Gasteiger partial charge in [-0.15, -0.1) is 0 Å². The zero-order valence-corrected chi connectivity index (χ0v) is 10.6. The summed E-state index contributed by atoms with van der Waals surface area (Å²) in [5.74, 6) is -2.07. The highest BCUT2D eigenvalue weighted by Gasteiger charge is 2.26. The molecule has 2 N–H and O–H groups in total. The van der Waals surface area contributed by atoms with Crippen molar-refractivity contribution in [2.45, 2.75) is 19.9 Å². The molecule has 1 atom stereocenters. The molecule has 1 heterocycles. The van der Waals surface area contributed by atoms with Crippen LogP contribution in [-0.4, -0.2) is 28.0 Å². The Kier molecular flexibility index (Phi) is 3.50. The van der Waals surface area contributed by atoms with Crippen LogP contribution in [0.3, 0.4) is 0 Å². The lowest BCUT2D eigenvalue weighted by Crippen LogP contribution is -2.44. The number of amides is 1. The normalized spacial score (nSPS) is 12.6. The number of aliphatic carboxylic acids is 1. The Morgan fingerprint density at radius 2 is 2.00 bits per heavy atom. The maximum Gasteiger partial charge on any atom is 0.326 e. The number of carbonyl (C=O) groups is 2. The number of aromatic nitrogens is 1. The first kappa shape index (κ1) is 13.1. The van der Waals surface area contributed by atoms with Crippen LogP contribution in [-0.2, 0) is 4.79 Å². The highest BCUT2D eigenvalue weighted by atomic mass is 16.4. The van der Waals surface area contributed by atoms with Gasteiger partial charge in [0.15, 0.2) is 5.58 Å². The smallest absolute Gasteiger partial charge is 0.326 e. The molecule has 6 nitrogen and oxygen atoms in total. The van der Waals surface area contributed by atoms with E-state index < -0.39 is 17.9 Å². The average Bonchev–Trinajstić information content (AvgIpc) is 2.78. The van der Waals surface area contributed by atoms with Gasteiger partial charge in [0, 0.05) is 0 Å². The van der Waals surface area contributed by atoms with Gasteiger partial charge in [-0.3, -0.25) is 4.79 Å². The van der Waals surface area contributed by atoms with Crippen molar-refractivity contribution in [3.8, 4) is 0 Å². The summed E-state index contributed by atoms with van der Waals surface area (Å²) < 4.78 is 5.27. The summed E-state index contributed by atoms with van der Waals surface area (Å²) in [6, 6.07) is 5.98. The monoisotopic (exact) mass is 262 g/mol. The van der Waals surface area contributed by atoms with Crippen LogP contribution in [0.1, 0.15) is 24.5 Å². The van der Waals surface area contributed by atoms with Gasteiger partial charge in [-0.2, -0.15) is 0 Å². The zero-order chi connectivity index (χ0) is 14.0. The molecule has 6 heteroatoms. The fraction of sp³-hybridized carbons (Fsp3) is 0.308. The predicted octanol–water partition coefficient (Wildman–Crippen LogP) is 1.67. The number of rotatable bonds is 4. The first-order valence-electron chi connectivity index (χ1n) is 5.88. The molecule has 0 fully saturated rings. The number of oxazole rings is 1. The standard InChI is InChI=1S/C13H14N2O4/c1-7(2)10(13(17)18)15-11(16)12-14-8-5-3-4-6-9(8)19-12/h3-7,10H,1-2H3,(H,15,16)(H,17,18)/t10-/m0/s1. The number of fused-ring (bicyclic) bond motifs is 1. The summed E-state index contributed by atoms with van der Waals surface area (Å²) in [6.45, 7) is 3.43. The second kappa shape index (κ2) is 5.09. The second-order valence-corrected chi connectivity index (χ2v) is 4.52. The lowest BCUT2D eigenvalue weighted by molar-refractivity contribution is -0.140. The molecule has 0 aliphatic rings. The SMILES string of the molecule is CC(C)[C@H](NC(=O)c1nc2ccccc2o1)C(=O)O. The molecule has 0 spiro atoms. The number of hydrogen-bond acceptors (Lipinski definition) is 4. The number of nitrogens with one attached hydrogen (secondary N) is 1. The minimum absolute atomic E-state index is 0.131. The highest BCUT2D eigenvalue weighted by molar-refractivity contribution is 5.94. The molecule has 0 aliphatic carbocycles. The molecule has 0 radical (unpaired) electrons. The molecule has 2 aromatic rings. The van der Waals surface area contributed by atoms with E-state index in [0.717, 1.165) is 0 Å². The number of para-hydroxylation sites is 2. The molecule has 19 heavy (non-hydrogen) atoms. The van der Waals surface area contributed by atoms with Crippen LogP contribution in [0.5, 0.6) is 0 Å². The van der Waals surface area contributed by atoms with Crippen LogP contribution in [0.15, 0.2) is 28.7 Å². The van der Waals surface area contributed by atoms with Crippen molar-refractivity contribution in [3.05, 3.63) is 30.2 Å². The van der Waals surface area contributed by atoms with Crippen molar-refractivity contribution in [1.82, 2.24) is 10.3 Å². The van der Waals surface area contributed by atoms with E-state index in [-0.39, 0.29) is 11.8 Å². The third kappa shape index (κ3) is 2.73. The van der Waals surface area contributed by atoms with E-state index in [9.17, 15) is 9.59 Å². The molecule has 0 aliphatic heterocycles. The van der Waals surface area contributed by atoms with E-state index in [1.54, 1.807) is 38.1 Å². The highest BCUT2D eigenvalue weighted by Crippen LogP contribution is 2.15. The first-order valence-corrected chi connectivity index (χ1v) is 5.88. The second-order valence-electron chi connectivity index (χ2n) is 4.52. The Bertz CT molecular complexity index is 585. The zero-order valence-electron chi connectivity index (χ0n) is 10.6. The van der Waals surface area contributed by atoms with Crippen molar-refractivity contribution in [3.63, 3.8) is 0 Å². The maximum atomic E-state index is 11.9. The number of nitrogens with zero attached hydrogens (tertiary/aromatic N) is 1. The van der Waals surface area contributed by atoms with Crippen LogP contribution >= 0.6 is 0 Å². The summed E-state index contributed by atoms with van der Waals surface area (Å²) >= 11 is 0. The van der Waals surface area contributed by atoms with E-state index in [1.165, 1.54) is 0 Å². The van der Waals surface area contributed by atoms with Crippen LogP contribution in [0.4, 0.5) is 0 Å². The fourth-order valence-electron chi connectivity index (χ4n) is 1.69. The Balaban J connectivity index is 2.21. The molecule has 1 aromatic carbocycles. The number of carboxylic acid groups (broad SMARTS) is 1. The van der Waals surface area contributed by atoms with Crippen molar-refractivity contribution < 1.29 is 19.1 Å². The maximum absolute atomic E-state index is 11.9. The largest absolute Gasteiger partial charge is 0.480 e. The van der Waals surface area contributed by atoms with Crippen molar-refractivity contribution in [2.75, 3.05) is 0 Å². The van der Waals surface area contributed by atoms with Gasteiger partial charge in [0.1, 0.15) is 11.6 Å². The fourth-order valence-corrected chi connectivity index (χ4v) is 1.69. The molecule has 0 saturated carbocycles. The van der Waals surface area contributed by atoms with Crippen molar-refractivity contribution >= 4 is 23.0 Å². The van der Waals surface area contributed by atoms with Gasteiger partial charge in [0.2, 0.25) is 0 Å². The molecule has 2 rings (SSSR count). The topological polar surface area (TPSA) is 92.4 Å². The predicted molar refractivity (Wildman–Crippen MR) is 67.7 cm³/mol. The van der Waals surface area contributed by atoms with Gasteiger partial charge < -0.3 is 14.8 Å². The molecule has 1 amide bonds. The van der Waals surface area contributed by atoms with E-state index >= 15 is 0 Å². The van der Waals surface area contributed by atoms with Gasteiger partial charge >= 0.3 is 11.9 Å². The number of carbonyl (C=O) groups excluding carboxylic acids is 1. The summed E-state index contributed by atoms with van der Waals surface area (Å²) in [7, 11) is 0. The summed E-state index contributed by atoms with van der Waals surface area (Å²) in [6.07, 6.45) is 0. The molecule has 0 saturated heterocycles. The molecular formula is C13H14N2O4. The number of carboxylic acids is 1. The average molecular weight is 262 g/mol. The van der Waals surface area contributed by atoms with Crippen molar-refractivity contribution in [1.29, 1.82) is 0 Å². The van der Waals surface area contributed by atoms with Crippen molar-refractivity contribution in [2.24, 2.45) is 5.92 Å². The van der Waals surface area contributed by atoms with Crippen LogP contribution in [0.2, 0.25) is 0 Å². The minimum atomic E-state index is -1.08. The molecule has 0 bridgehead atoms. The van der Waals surface area contributed by atoms with Crippen LogP contribution in [0.25, 0.3) is 11.1 Å². The van der Waals surface area contributed by atoms with E-state index in [4.69, 9.17) is 9.52 Å². The Morgan fingerprint density at radius 3 is 2.58 bits per heavy atom. The third-order valence-corrected chi connectivity index (χ3v) is 2.71. The lowest BCUT2D eigenvalue weighted by Gasteiger charge is -2.16. The van der Waals surface area contributed by atoms with Gasteiger partial charge in [-0.1, -0.05) is 26.0 Å². The van der Waals surface area contributed by atoms with Gasteiger partial charge in [-0.25, -0.2) is 9.78 Å². The molecular weight excluding hydrogens is 248 g/mol. The van der Waals surface area contributed by atoms with E-state index in [0.29, 0.717) is 11.1 Å². The van der Waals surface area contributed by atoms with E-state index in [2.05, 4.69) is 10.3 Å². The van der Waals surface area contributed by atoms with Crippen LogP contribution in [0, 0.1) is 5.92 Å².